The van der Waals surface area contributed by atoms with Crippen LogP contribution in [0.2, 0.25) is 0 Å². The highest BCUT2D eigenvalue weighted by atomic mass is 16.5. The van der Waals surface area contributed by atoms with Crippen molar-refractivity contribution in [2.24, 2.45) is 11.8 Å². The van der Waals surface area contributed by atoms with Crippen LogP contribution in [0.5, 0.6) is 34.5 Å². The Balaban J connectivity index is 0.000000307. The zero-order valence-electron chi connectivity index (χ0n) is 57.3. The first-order valence-electron chi connectivity index (χ1n) is 32.1. The Morgan fingerprint density at radius 3 is 1.02 bits per heavy atom. The van der Waals surface area contributed by atoms with Crippen molar-refractivity contribution in [2.75, 3.05) is 65.9 Å². The van der Waals surface area contributed by atoms with Crippen LogP contribution in [-0.4, -0.2) is 93.6 Å². The summed E-state index contributed by atoms with van der Waals surface area (Å²) in [6, 6.07) is 37.8. The minimum atomic E-state index is -0.540. The number of nitrogens with one attached hydrogen (secondary N) is 6. The summed E-state index contributed by atoms with van der Waals surface area (Å²) >= 11 is 0. The zero-order valence-corrected chi connectivity index (χ0v) is 57.3. The number of carbonyl (C=O) groups excluding carboxylic acids is 8. The highest BCUT2D eigenvalue weighted by Crippen LogP contribution is 2.35. The molecule has 97 heavy (non-hydrogen) atoms. The summed E-state index contributed by atoms with van der Waals surface area (Å²) in [5.41, 5.74) is 5.00. The molecule has 0 aliphatic carbocycles. The van der Waals surface area contributed by atoms with Crippen LogP contribution < -0.4 is 60.3 Å². The molecule has 7 rings (SSSR count). The average molecular weight is 1330 g/mol. The summed E-state index contributed by atoms with van der Waals surface area (Å²) in [4.78, 5) is 102. The van der Waals surface area contributed by atoms with Gasteiger partial charge in [0, 0.05) is 36.1 Å². The molecule has 6 amide bonds. The lowest BCUT2D eigenvalue weighted by molar-refractivity contribution is -0.115. The normalized spacial score (nSPS) is 11.3. The van der Waals surface area contributed by atoms with Gasteiger partial charge in [0.05, 0.1) is 91.5 Å². The van der Waals surface area contributed by atoms with E-state index in [1.54, 1.807) is 91.0 Å². The van der Waals surface area contributed by atoms with Gasteiger partial charge in [-0.1, -0.05) is 85.2 Å². The third kappa shape index (κ3) is 23.2. The van der Waals surface area contributed by atoms with Crippen molar-refractivity contribution < 1.29 is 76.3 Å². The van der Waals surface area contributed by atoms with Crippen molar-refractivity contribution in [3.63, 3.8) is 0 Å². The standard InChI is InChI=1S/C39H43N3O8.C36H45N3O8/c1-6-7-19-48-34-20-28(14-17-32(34)41-38(45)29-13-16-31(40-26(4)43)35(21-29)49-23-25(2)3)37(44)42-33-18-15-30(39(46)47-5)22-36(33)50-24-27-11-9-8-10-12-27;1-9-22(5)46-32-18-26(35(42)39-30-16-13-27(36(43)44-8)19-33(30)47-23(6)10-2)12-15-29(32)38-34(41)25-11-14-28(37-24(7)40)31(17-25)45-20-21(3)4/h8-18,20-22,25H,6-7,19,23-24H2,1-5H3,(H,40,43)(H,41,45)(H,42,44);11-19,21-23H,9-10,20H2,1-8H3,(H,37,40)(H,38,41)(H,39,42). The quantitative estimate of drug-likeness (QED) is 0.0174. The van der Waals surface area contributed by atoms with E-state index in [9.17, 15) is 38.4 Å². The Morgan fingerprint density at radius 1 is 0.371 bits per heavy atom. The van der Waals surface area contributed by atoms with E-state index in [0.717, 1.165) is 18.4 Å². The van der Waals surface area contributed by atoms with Gasteiger partial charge in [-0.3, -0.25) is 28.8 Å². The highest BCUT2D eigenvalue weighted by Gasteiger charge is 2.23. The van der Waals surface area contributed by atoms with Gasteiger partial charge in [0.15, 0.2) is 0 Å². The Bertz CT molecular complexity index is 3890. The van der Waals surface area contributed by atoms with Gasteiger partial charge in [0.2, 0.25) is 11.8 Å². The summed E-state index contributed by atoms with van der Waals surface area (Å²) in [5.74, 6) is -0.912. The number of esters is 2. The first kappa shape index (κ1) is 75.1. The summed E-state index contributed by atoms with van der Waals surface area (Å²) in [6.07, 6.45) is 2.67. The lowest BCUT2D eigenvalue weighted by Gasteiger charge is -2.19. The van der Waals surface area contributed by atoms with Crippen LogP contribution in [0.15, 0.2) is 140 Å². The number of benzene rings is 7. The molecule has 0 heterocycles. The second-order valence-corrected chi connectivity index (χ2v) is 23.5. The maximum atomic E-state index is 13.6. The molecule has 22 nitrogen and oxygen atoms in total. The van der Waals surface area contributed by atoms with Gasteiger partial charge in [-0.15, -0.1) is 0 Å². The largest absolute Gasteiger partial charge is 0.491 e. The van der Waals surface area contributed by atoms with Crippen LogP contribution >= 0.6 is 0 Å². The number of hydrogen-bond acceptors (Lipinski definition) is 16. The first-order chi connectivity index (χ1) is 46.4. The highest BCUT2D eigenvalue weighted by molar-refractivity contribution is 6.10. The van der Waals surface area contributed by atoms with Crippen LogP contribution in [0.25, 0.3) is 0 Å². The number of rotatable bonds is 31. The molecule has 0 saturated heterocycles. The molecule has 2 atom stereocenters. The van der Waals surface area contributed by atoms with Gasteiger partial charge in [0.25, 0.3) is 23.6 Å². The Kier molecular flexibility index (Phi) is 28.9. The van der Waals surface area contributed by atoms with E-state index in [1.807, 2.05) is 92.6 Å². The molecule has 7 aromatic rings. The third-order valence-electron chi connectivity index (χ3n) is 14.3. The van der Waals surface area contributed by atoms with Gasteiger partial charge < -0.3 is 69.8 Å². The number of hydrogen-bond donors (Lipinski definition) is 6. The van der Waals surface area contributed by atoms with Gasteiger partial charge >= 0.3 is 11.9 Å². The molecule has 0 saturated carbocycles. The SMILES string of the molecule is CCC(C)Oc1cc(C(=O)Nc2ccc(C(=O)OC)cc2OC(C)CC)ccc1NC(=O)c1ccc(NC(C)=O)c(OCC(C)C)c1.CCCCOc1cc(C(=O)Nc2ccc(C(=O)OC)cc2OCc2ccccc2)ccc1NC(=O)c1ccc(NC(C)=O)c(OCC(C)C)c1. The van der Waals surface area contributed by atoms with E-state index < -0.39 is 35.6 Å². The minimum absolute atomic E-state index is 0.170. The molecular formula is C75H88N6O16. The van der Waals surface area contributed by atoms with Gasteiger partial charge in [-0.2, -0.15) is 0 Å². The molecule has 0 bridgehead atoms. The lowest BCUT2D eigenvalue weighted by Crippen LogP contribution is -2.18. The van der Waals surface area contributed by atoms with E-state index >= 15 is 0 Å². The maximum absolute atomic E-state index is 13.6. The molecule has 0 aliphatic rings. The number of unbranched alkanes of at least 4 members (excludes halogenated alkanes) is 1. The van der Waals surface area contributed by atoms with E-state index in [1.165, 1.54) is 46.3 Å². The Labute approximate surface area is 566 Å². The fourth-order valence-corrected chi connectivity index (χ4v) is 8.81. The first-order valence-corrected chi connectivity index (χ1v) is 32.1. The summed E-state index contributed by atoms with van der Waals surface area (Å²) in [5, 5.41) is 17.0. The average Bonchev–Trinajstić information content (AvgIpc) is 0.878. The molecule has 0 fully saturated rings. The van der Waals surface area contributed by atoms with E-state index in [-0.39, 0.29) is 70.5 Å². The lowest BCUT2D eigenvalue weighted by atomic mass is 10.1. The summed E-state index contributed by atoms with van der Waals surface area (Å²) in [7, 11) is 2.58. The smallest absolute Gasteiger partial charge is 0.337 e. The molecule has 0 aliphatic heterocycles. The van der Waals surface area contributed by atoms with Crippen LogP contribution in [0.4, 0.5) is 34.1 Å². The van der Waals surface area contributed by atoms with Crippen molar-refractivity contribution in [3.8, 4) is 34.5 Å². The zero-order chi connectivity index (χ0) is 70.7. The van der Waals surface area contributed by atoms with Gasteiger partial charge in [0.1, 0.15) is 41.1 Å². The summed E-state index contributed by atoms with van der Waals surface area (Å²) < 4.78 is 45.7. The number of anilines is 6. The number of methoxy groups -OCH3 is 2. The second kappa shape index (κ2) is 37.3. The number of amides is 6. The fourth-order valence-electron chi connectivity index (χ4n) is 8.81. The minimum Gasteiger partial charge on any atom is -0.491 e. The summed E-state index contributed by atoms with van der Waals surface area (Å²) in [6.45, 7) is 21.9. The Morgan fingerprint density at radius 2 is 0.680 bits per heavy atom. The van der Waals surface area contributed by atoms with Crippen LogP contribution in [0.1, 0.15) is 170 Å². The van der Waals surface area contributed by atoms with Crippen LogP contribution in [0.3, 0.4) is 0 Å². The third-order valence-corrected chi connectivity index (χ3v) is 14.3. The predicted octanol–water partition coefficient (Wildman–Crippen LogP) is 15.1. The predicted molar refractivity (Wildman–Crippen MR) is 374 cm³/mol. The van der Waals surface area contributed by atoms with Crippen LogP contribution in [-0.2, 0) is 25.7 Å². The van der Waals surface area contributed by atoms with Crippen molar-refractivity contribution in [1.82, 2.24) is 0 Å². The maximum Gasteiger partial charge on any atom is 0.337 e. The topological polar surface area (TPSA) is 283 Å². The monoisotopic (exact) mass is 1330 g/mol. The van der Waals surface area contributed by atoms with E-state index in [2.05, 4.69) is 31.9 Å². The molecule has 514 valence electrons. The molecule has 7 aromatic carbocycles. The van der Waals surface area contributed by atoms with Gasteiger partial charge in [-0.05, 0) is 160 Å². The molecule has 0 aromatic heterocycles. The van der Waals surface area contributed by atoms with Gasteiger partial charge in [-0.25, -0.2) is 9.59 Å². The second-order valence-electron chi connectivity index (χ2n) is 23.5. The van der Waals surface area contributed by atoms with Crippen LogP contribution in [0, 0.1) is 11.8 Å². The molecule has 0 radical (unpaired) electrons. The number of ether oxygens (including phenoxy) is 8. The molecule has 6 N–H and O–H groups in total. The molecule has 0 spiro atoms. The van der Waals surface area contributed by atoms with E-state index in [0.29, 0.717) is 107 Å². The molecular weight excluding hydrogens is 1240 g/mol. The van der Waals surface area contributed by atoms with Crippen molar-refractivity contribution in [1.29, 1.82) is 0 Å². The molecule has 22 heteroatoms. The fraction of sp³-hybridized carbons (Fsp3) is 0.333. The Hall–Kier alpha value is -10.9. The molecule has 2 unspecified atom stereocenters. The van der Waals surface area contributed by atoms with Crippen molar-refractivity contribution in [2.45, 2.75) is 121 Å². The number of carbonyl (C=O) groups is 8. The van der Waals surface area contributed by atoms with Crippen molar-refractivity contribution in [3.05, 3.63) is 178 Å². The van der Waals surface area contributed by atoms with Crippen molar-refractivity contribution >= 4 is 81.5 Å². The van der Waals surface area contributed by atoms with E-state index in [4.69, 9.17) is 37.9 Å².